The maximum atomic E-state index is 9.55. The monoisotopic (exact) mass is 163 g/mol. The molecule has 0 aliphatic carbocycles. The van der Waals surface area contributed by atoms with Gasteiger partial charge in [0.2, 0.25) is 0 Å². The molecular weight excluding hydrogens is 150 g/mol. The number of phenols is 1. The van der Waals surface area contributed by atoms with E-state index in [1.54, 1.807) is 6.07 Å². The molecule has 1 aliphatic rings. The highest BCUT2D eigenvalue weighted by Crippen LogP contribution is 2.25. The summed E-state index contributed by atoms with van der Waals surface area (Å²) < 4.78 is 0. The van der Waals surface area contributed by atoms with Gasteiger partial charge < -0.3 is 10.4 Å². The van der Waals surface area contributed by atoms with Crippen molar-refractivity contribution in [2.45, 2.75) is 25.9 Å². The van der Waals surface area contributed by atoms with Crippen LogP contribution in [-0.4, -0.2) is 11.1 Å². The average Bonchev–Trinajstić information content (AvgIpc) is 2.07. The summed E-state index contributed by atoms with van der Waals surface area (Å²) in [6.07, 6.45) is 0.933. The number of aromatic hydroxyl groups is 1. The van der Waals surface area contributed by atoms with Crippen molar-refractivity contribution in [1.29, 1.82) is 0 Å². The van der Waals surface area contributed by atoms with E-state index in [0.29, 0.717) is 11.8 Å². The van der Waals surface area contributed by atoms with E-state index >= 15 is 0 Å². The van der Waals surface area contributed by atoms with E-state index in [9.17, 15) is 5.11 Å². The molecule has 0 bridgehead atoms. The van der Waals surface area contributed by atoms with Gasteiger partial charge in [0.1, 0.15) is 5.75 Å². The number of phenolic OH excluding ortho intramolecular Hbond substituents is 1. The van der Waals surface area contributed by atoms with Crippen LogP contribution < -0.4 is 5.32 Å². The van der Waals surface area contributed by atoms with Crippen LogP contribution in [0.2, 0.25) is 0 Å². The van der Waals surface area contributed by atoms with Crippen LogP contribution in [0, 0.1) is 0 Å². The van der Waals surface area contributed by atoms with Crippen LogP contribution >= 0.6 is 0 Å². The lowest BCUT2D eigenvalue weighted by molar-refractivity contribution is 0.445. The first-order valence-electron chi connectivity index (χ1n) is 4.30. The summed E-state index contributed by atoms with van der Waals surface area (Å²) in [5, 5.41) is 12.9. The van der Waals surface area contributed by atoms with Crippen molar-refractivity contribution in [1.82, 2.24) is 5.32 Å². The van der Waals surface area contributed by atoms with Crippen molar-refractivity contribution >= 4 is 0 Å². The second kappa shape index (κ2) is 2.79. The summed E-state index contributed by atoms with van der Waals surface area (Å²) in [7, 11) is 0. The van der Waals surface area contributed by atoms with Crippen molar-refractivity contribution < 1.29 is 5.11 Å². The highest BCUT2D eigenvalue weighted by atomic mass is 16.3. The van der Waals surface area contributed by atoms with Gasteiger partial charge in [-0.25, -0.2) is 0 Å². The van der Waals surface area contributed by atoms with Gasteiger partial charge in [-0.1, -0.05) is 12.1 Å². The maximum Gasteiger partial charge on any atom is 0.119 e. The molecule has 1 aliphatic heterocycles. The normalized spacial score (nSPS) is 21.9. The van der Waals surface area contributed by atoms with Crippen molar-refractivity contribution in [2.75, 3.05) is 0 Å². The fraction of sp³-hybridized carbons (Fsp3) is 0.400. The molecular formula is C10H13NO. The molecule has 64 valence electrons. The Bertz CT molecular complexity index is 296. The Morgan fingerprint density at radius 2 is 2.33 bits per heavy atom. The molecule has 12 heavy (non-hydrogen) atoms. The molecule has 0 spiro atoms. The van der Waals surface area contributed by atoms with Crippen LogP contribution in [-0.2, 0) is 13.0 Å². The maximum absolute atomic E-state index is 9.55. The summed E-state index contributed by atoms with van der Waals surface area (Å²) in [6, 6.07) is 6.20. The Morgan fingerprint density at radius 3 is 3.17 bits per heavy atom. The highest BCUT2D eigenvalue weighted by molar-refractivity contribution is 5.41. The molecule has 0 radical (unpaired) electrons. The molecule has 0 saturated carbocycles. The third kappa shape index (κ3) is 1.18. The van der Waals surface area contributed by atoms with Crippen LogP contribution in [0.3, 0.4) is 0 Å². The molecule has 1 aromatic carbocycles. The Kier molecular flexibility index (Phi) is 1.77. The van der Waals surface area contributed by atoms with E-state index in [-0.39, 0.29) is 0 Å². The quantitative estimate of drug-likeness (QED) is 0.606. The van der Waals surface area contributed by atoms with E-state index in [1.165, 1.54) is 5.56 Å². The summed E-state index contributed by atoms with van der Waals surface area (Å²) >= 11 is 0. The molecule has 0 fully saturated rings. The highest BCUT2D eigenvalue weighted by Gasteiger charge is 2.16. The topological polar surface area (TPSA) is 32.3 Å². The van der Waals surface area contributed by atoms with E-state index in [4.69, 9.17) is 0 Å². The fourth-order valence-corrected chi connectivity index (χ4v) is 1.68. The largest absolute Gasteiger partial charge is 0.508 e. The zero-order chi connectivity index (χ0) is 8.55. The molecule has 1 heterocycles. The van der Waals surface area contributed by atoms with Gasteiger partial charge in [0.15, 0.2) is 0 Å². The predicted molar refractivity (Wildman–Crippen MR) is 48.1 cm³/mol. The fourth-order valence-electron chi connectivity index (χ4n) is 1.68. The second-order valence-corrected chi connectivity index (χ2v) is 3.40. The molecule has 0 amide bonds. The van der Waals surface area contributed by atoms with Crippen molar-refractivity contribution in [3.05, 3.63) is 29.3 Å². The summed E-state index contributed by atoms with van der Waals surface area (Å²) in [4.78, 5) is 0. The Balaban J connectivity index is 2.43. The van der Waals surface area contributed by atoms with Crippen LogP contribution in [0.25, 0.3) is 0 Å². The van der Waals surface area contributed by atoms with Crippen LogP contribution in [0.15, 0.2) is 18.2 Å². The molecule has 0 unspecified atom stereocenters. The van der Waals surface area contributed by atoms with Crippen molar-refractivity contribution in [2.24, 2.45) is 0 Å². The minimum absolute atomic E-state index is 0.445. The van der Waals surface area contributed by atoms with Gasteiger partial charge in [-0.15, -0.1) is 0 Å². The van der Waals surface area contributed by atoms with Crippen LogP contribution in [0.4, 0.5) is 0 Å². The third-order valence-corrected chi connectivity index (χ3v) is 2.40. The Hall–Kier alpha value is -1.02. The molecule has 2 nitrogen and oxygen atoms in total. The standard InChI is InChI=1S/C10H13NO/c1-7-5-9-8(6-11-7)3-2-4-10(9)12/h2-4,7,11-12H,5-6H2,1H3/t7-/m0/s1. The van der Waals surface area contributed by atoms with Crippen LogP contribution in [0.5, 0.6) is 5.75 Å². The minimum atomic E-state index is 0.445. The van der Waals surface area contributed by atoms with Gasteiger partial charge in [0.05, 0.1) is 0 Å². The lowest BCUT2D eigenvalue weighted by Gasteiger charge is -2.23. The number of fused-ring (bicyclic) bond motifs is 1. The lowest BCUT2D eigenvalue weighted by atomic mass is 9.96. The molecule has 2 rings (SSSR count). The van der Waals surface area contributed by atoms with Gasteiger partial charge >= 0.3 is 0 Å². The number of hydrogen-bond donors (Lipinski definition) is 2. The Labute approximate surface area is 72.2 Å². The summed E-state index contributed by atoms with van der Waals surface area (Å²) in [5.74, 6) is 0.445. The predicted octanol–water partition coefficient (Wildman–Crippen LogP) is 1.43. The molecule has 2 heteroatoms. The van der Waals surface area contributed by atoms with Crippen LogP contribution in [0.1, 0.15) is 18.1 Å². The molecule has 1 atom stereocenters. The van der Waals surface area contributed by atoms with Gasteiger partial charge in [-0.3, -0.25) is 0 Å². The average molecular weight is 163 g/mol. The molecule has 2 N–H and O–H groups in total. The number of rotatable bonds is 0. The minimum Gasteiger partial charge on any atom is -0.508 e. The van der Waals surface area contributed by atoms with E-state index in [1.807, 2.05) is 6.07 Å². The van der Waals surface area contributed by atoms with Gasteiger partial charge in [-0.2, -0.15) is 0 Å². The molecule has 0 aromatic heterocycles. The lowest BCUT2D eigenvalue weighted by Crippen LogP contribution is -2.32. The first-order valence-corrected chi connectivity index (χ1v) is 4.30. The number of nitrogens with one attached hydrogen (secondary N) is 1. The molecule has 0 saturated heterocycles. The van der Waals surface area contributed by atoms with E-state index in [0.717, 1.165) is 18.5 Å². The third-order valence-electron chi connectivity index (χ3n) is 2.40. The van der Waals surface area contributed by atoms with Gasteiger partial charge in [0, 0.05) is 12.6 Å². The zero-order valence-corrected chi connectivity index (χ0v) is 7.17. The second-order valence-electron chi connectivity index (χ2n) is 3.40. The summed E-state index contributed by atoms with van der Waals surface area (Å²) in [5.41, 5.74) is 2.34. The SMILES string of the molecule is C[C@H]1Cc2c(O)cccc2CN1. The van der Waals surface area contributed by atoms with E-state index < -0.39 is 0 Å². The van der Waals surface area contributed by atoms with Crippen molar-refractivity contribution in [3.63, 3.8) is 0 Å². The number of hydrogen-bond acceptors (Lipinski definition) is 2. The first-order chi connectivity index (χ1) is 5.77. The number of benzene rings is 1. The van der Waals surface area contributed by atoms with Gasteiger partial charge in [0.25, 0.3) is 0 Å². The van der Waals surface area contributed by atoms with E-state index in [2.05, 4.69) is 18.3 Å². The summed E-state index contributed by atoms with van der Waals surface area (Å²) in [6.45, 7) is 3.01. The Morgan fingerprint density at radius 1 is 1.50 bits per heavy atom. The first kappa shape index (κ1) is 7.62. The van der Waals surface area contributed by atoms with Crippen molar-refractivity contribution in [3.8, 4) is 5.75 Å². The van der Waals surface area contributed by atoms with Gasteiger partial charge in [-0.05, 0) is 30.5 Å². The molecule has 1 aromatic rings. The smallest absolute Gasteiger partial charge is 0.119 e. The zero-order valence-electron chi connectivity index (χ0n) is 7.17.